The minimum atomic E-state index is -3.30. The molecule has 6 heteroatoms. The molecule has 2 fully saturated rings. The number of aromatic hydroxyl groups is 1. The molecule has 202 valence electrons. The van der Waals surface area contributed by atoms with Gasteiger partial charge in [0.1, 0.15) is 5.75 Å². The van der Waals surface area contributed by atoms with Crippen LogP contribution in [-0.4, -0.2) is 42.3 Å². The van der Waals surface area contributed by atoms with E-state index in [1.165, 1.54) is 24.0 Å². The van der Waals surface area contributed by atoms with Gasteiger partial charge in [-0.05, 0) is 71.0 Å². The van der Waals surface area contributed by atoms with Gasteiger partial charge in [-0.3, -0.25) is 0 Å². The summed E-state index contributed by atoms with van der Waals surface area (Å²) in [4.78, 5) is 0. The smallest absolute Gasteiger partial charge is 0.152 e. The lowest BCUT2D eigenvalue weighted by atomic mass is 9.90. The number of phenolic OH excluding ortho intramolecular Hbond substituents is 1. The molecule has 1 aliphatic carbocycles. The molecule has 0 bridgehead atoms. The normalized spacial score (nSPS) is 22.8. The average molecular weight is 534 g/mol. The topological polar surface area (TPSA) is 86.6 Å². The van der Waals surface area contributed by atoms with Crippen molar-refractivity contribution in [2.75, 3.05) is 11.5 Å². The van der Waals surface area contributed by atoms with E-state index in [0.29, 0.717) is 25.3 Å². The van der Waals surface area contributed by atoms with Crippen LogP contribution in [0, 0.1) is 5.92 Å². The van der Waals surface area contributed by atoms with Gasteiger partial charge in [0, 0.05) is 24.9 Å². The van der Waals surface area contributed by atoms with Gasteiger partial charge in [-0.15, -0.1) is 0 Å². The van der Waals surface area contributed by atoms with Crippen LogP contribution in [0.15, 0.2) is 66.7 Å². The van der Waals surface area contributed by atoms with E-state index >= 15 is 0 Å². The summed E-state index contributed by atoms with van der Waals surface area (Å²) in [6, 6.07) is 21.9. The molecule has 0 amide bonds. The van der Waals surface area contributed by atoms with Gasteiger partial charge < -0.3 is 15.5 Å². The highest BCUT2D eigenvalue weighted by Gasteiger charge is 2.39. The molecule has 5 rings (SSSR count). The van der Waals surface area contributed by atoms with E-state index < -0.39 is 27.9 Å². The summed E-state index contributed by atoms with van der Waals surface area (Å²) in [6.07, 6.45) is 4.86. The quantitative estimate of drug-likeness (QED) is 0.344. The number of aliphatic hydroxyl groups excluding tert-OH is 1. The molecule has 2 aliphatic rings. The van der Waals surface area contributed by atoms with Crippen LogP contribution < -0.4 is 5.32 Å². The first-order valence-corrected chi connectivity index (χ1v) is 15.7. The fourth-order valence-electron chi connectivity index (χ4n) is 5.79. The SMILES string of the molecule is CCCc1cccc(Cc2cc(C[C@@H]3CS(=O)(=O)C[C@H](NCc4cccc(C5CC5)c4)[C@H]3O)ccc2O)c1. The number of phenols is 1. The van der Waals surface area contributed by atoms with Crippen LogP contribution in [0.2, 0.25) is 0 Å². The van der Waals surface area contributed by atoms with Gasteiger partial charge in [0.2, 0.25) is 0 Å². The highest BCUT2D eigenvalue weighted by molar-refractivity contribution is 7.91. The first kappa shape index (κ1) is 26.9. The first-order chi connectivity index (χ1) is 18.3. The van der Waals surface area contributed by atoms with Gasteiger partial charge in [-0.2, -0.15) is 0 Å². The summed E-state index contributed by atoms with van der Waals surface area (Å²) < 4.78 is 25.7. The predicted molar refractivity (Wildman–Crippen MR) is 152 cm³/mol. The van der Waals surface area contributed by atoms with Crippen molar-refractivity contribution < 1.29 is 18.6 Å². The van der Waals surface area contributed by atoms with Gasteiger partial charge in [-0.25, -0.2) is 8.42 Å². The second kappa shape index (κ2) is 11.6. The third kappa shape index (κ3) is 6.85. The number of rotatable bonds is 10. The molecule has 3 N–H and O–H groups in total. The van der Waals surface area contributed by atoms with Gasteiger partial charge in [0.05, 0.1) is 17.6 Å². The summed E-state index contributed by atoms with van der Waals surface area (Å²) in [7, 11) is -3.30. The highest BCUT2D eigenvalue weighted by Crippen LogP contribution is 2.40. The third-order valence-electron chi connectivity index (χ3n) is 7.93. The molecule has 0 radical (unpaired) electrons. The maximum Gasteiger partial charge on any atom is 0.152 e. The number of benzene rings is 3. The Morgan fingerprint density at radius 2 is 1.66 bits per heavy atom. The van der Waals surface area contributed by atoms with Crippen molar-refractivity contribution in [1.82, 2.24) is 5.32 Å². The molecule has 5 nitrogen and oxygen atoms in total. The maximum atomic E-state index is 12.8. The summed E-state index contributed by atoms with van der Waals surface area (Å²) >= 11 is 0. The van der Waals surface area contributed by atoms with Crippen LogP contribution in [0.25, 0.3) is 0 Å². The summed E-state index contributed by atoms with van der Waals surface area (Å²) in [5, 5.41) is 25.1. The summed E-state index contributed by atoms with van der Waals surface area (Å²) in [6.45, 7) is 2.69. The molecular formula is C32H39NO4S. The summed E-state index contributed by atoms with van der Waals surface area (Å²) in [5.74, 6) is 0.407. The molecule has 0 aromatic heterocycles. The van der Waals surface area contributed by atoms with Crippen LogP contribution in [0.1, 0.15) is 65.5 Å². The van der Waals surface area contributed by atoms with Crippen molar-refractivity contribution in [2.24, 2.45) is 5.92 Å². The van der Waals surface area contributed by atoms with Crippen LogP contribution in [0.4, 0.5) is 0 Å². The Balaban J connectivity index is 1.27. The van der Waals surface area contributed by atoms with Gasteiger partial charge >= 0.3 is 0 Å². The minimum Gasteiger partial charge on any atom is -0.508 e. The van der Waals surface area contributed by atoms with Crippen molar-refractivity contribution in [1.29, 1.82) is 0 Å². The molecule has 0 unspecified atom stereocenters. The van der Waals surface area contributed by atoms with Crippen LogP contribution in [-0.2, 0) is 35.6 Å². The van der Waals surface area contributed by atoms with Crippen molar-refractivity contribution in [3.8, 4) is 5.75 Å². The highest BCUT2D eigenvalue weighted by atomic mass is 32.2. The minimum absolute atomic E-state index is 0.0290. The molecule has 1 aliphatic heterocycles. The maximum absolute atomic E-state index is 12.8. The van der Waals surface area contributed by atoms with Crippen molar-refractivity contribution >= 4 is 9.84 Å². The number of hydrogen-bond donors (Lipinski definition) is 3. The zero-order chi connectivity index (χ0) is 26.7. The Morgan fingerprint density at radius 3 is 2.45 bits per heavy atom. The second-order valence-electron chi connectivity index (χ2n) is 11.2. The molecular weight excluding hydrogens is 494 g/mol. The Morgan fingerprint density at radius 1 is 0.895 bits per heavy atom. The Labute approximate surface area is 226 Å². The Bertz CT molecular complexity index is 1370. The molecule has 1 heterocycles. The molecule has 1 saturated heterocycles. The first-order valence-electron chi connectivity index (χ1n) is 13.9. The number of aliphatic hydroxyl groups is 1. The van der Waals surface area contributed by atoms with Crippen molar-refractivity contribution in [3.63, 3.8) is 0 Å². The van der Waals surface area contributed by atoms with Crippen LogP contribution in [0.3, 0.4) is 0 Å². The molecule has 0 spiro atoms. The van der Waals surface area contributed by atoms with E-state index in [2.05, 4.69) is 60.8 Å². The van der Waals surface area contributed by atoms with E-state index in [1.807, 2.05) is 12.1 Å². The van der Waals surface area contributed by atoms with E-state index in [-0.39, 0.29) is 17.3 Å². The largest absolute Gasteiger partial charge is 0.508 e. The number of nitrogens with one attached hydrogen (secondary N) is 1. The lowest BCUT2D eigenvalue weighted by molar-refractivity contribution is 0.0781. The zero-order valence-electron chi connectivity index (χ0n) is 22.1. The van der Waals surface area contributed by atoms with E-state index in [1.54, 1.807) is 6.07 Å². The monoisotopic (exact) mass is 533 g/mol. The molecule has 3 atom stereocenters. The fourth-order valence-corrected chi connectivity index (χ4v) is 7.75. The fraction of sp³-hybridized carbons (Fsp3) is 0.438. The van der Waals surface area contributed by atoms with Gasteiger partial charge in [0.15, 0.2) is 9.84 Å². The van der Waals surface area contributed by atoms with Crippen molar-refractivity contribution in [3.05, 3.63) is 100 Å². The molecule has 1 saturated carbocycles. The molecule has 3 aromatic carbocycles. The van der Waals surface area contributed by atoms with E-state index in [4.69, 9.17) is 0 Å². The Hall–Kier alpha value is -2.67. The lowest BCUT2D eigenvalue weighted by Gasteiger charge is -2.35. The van der Waals surface area contributed by atoms with Gasteiger partial charge in [-0.1, -0.05) is 74.0 Å². The van der Waals surface area contributed by atoms with Gasteiger partial charge in [0.25, 0.3) is 0 Å². The number of hydrogen-bond acceptors (Lipinski definition) is 5. The Kier molecular flexibility index (Phi) is 8.22. The second-order valence-corrected chi connectivity index (χ2v) is 13.4. The zero-order valence-corrected chi connectivity index (χ0v) is 23.0. The third-order valence-corrected chi connectivity index (χ3v) is 9.73. The lowest BCUT2D eigenvalue weighted by Crippen LogP contribution is -2.54. The molecule has 3 aromatic rings. The summed E-state index contributed by atoms with van der Waals surface area (Å²) in [5.41, 5.74) is 6.63. The number of aryl methyl sites for hydroxylation is 1. The predicted octanol–water partition coefficient (Wildman–Crippen LogP) is 4.92. The number of sulfone groups is 1. The van der Waals surface area contributed by atoms with Crippen LogP contribution >= 0.6 is 0 Å². The van der Waals surface area contributed by atoms with E-state index in [9.17, 15) is 18.6 Å². The standard InChI is InChI=1S/C32H39NO4S/c1-2-5-22-6-3-7-23(14-22)15-28-16-24(10-13-31(28)34)17-29-20-38(36,37)21-30(32(29)35)33-19-25-8-4-9-27(18-25)26-11-12-26/h3-4,6-10,13-14,16,18,26,29-30,32-35H,2,5,11-12,15,17,19-21H2,1H3/t29-,30+,32+/m1/s1. The van der Waals surface area contributed by atoms with Crippen molar-refractivity contribution in [2.45, 2.75) is 70.1 Å². The van der Waals surface area contributed by atoms with Crippen LogP contribution in [0.5, 0.6) is 5.75 Å². The average Bonchev–Trinajstić information content (AvgIpc) is 3.73. The molecule has 38 heavy (non-hydrogen) atoms. The van der Waals surface area contributed by atoms with E-state index in [0.717, 1.165) is 35.1 Å².